The summed E-state index contributed by atoms with van der Waals surface area (Å²) in [6.07, 6.45) is 5.18. The van der Waals surface area contributed by atoms with E-state index >= 15 is 0 Å². The van der Waals surface area contributed by atoms with Crippen molar-refractivity contribution in [2.45, 2.75) is 6.29 Å². The average molecular weight is 319 g/mol. The van der Waals surface area contributed by atoms with Crippen molar-refractivity contribution in [1.82, 2.24) is 4.90 Å². The number of nitro groups is 1. The second-order valence-electron chi connectivity index (χ2n) is 5.30. The van der Waals surface area contributed by atoms with E-state index in [1.54, 1.807) is 23.4 Å². The molecule has 2 heterocycles. The summed E-state index contributed by atoms with van der Waals surface area (Å²) in [5, 5.41) is 17.3. The molecule has 0 fully saturated rings. The van der Waals surface area contributed by atoms with Crippen LogP contribution in [-0.4, -0.2) is 28.2 Å². The Kier molecular flexibility index (Phi) is 3.31. The highest BCUT2D eigenvalue weighted by atomic mass is 16.6. The molecule has 0 saturated heterocycles. The van der Waals surface area contributed by atoms with Crippen LogP contribution in [0.15, 0.2) is 77.0 Å². The monoisotopic (exact) mass is 319 g/mol. The molecule has 7 heteroatoms. The summed E-state index contributed by atoms with van der Waals surface area (Å²) < 4.78 is 0. The quantitative estimate of drug-likeness (QED) is 0.644. The average Bonchev–Trinajstić information content (AvgIpc) is 3.02. The Bertz CT molecular complexity index is 858. The standard InChI is InChI=1S/C17H13N5O2/c23-22(24)15-9-7-14(8-10-15)21-17-18-11-4-12-20(17)16(19-21)13-5-2-1-3-6-13/h1-12,17H. The predicted molar refractivity (Wildman–Crippen MR) is 91.8 cm³/mol. The van der Waals surface area contributed by atoms with Gasteiger partial charge in [0.1, 0.15) is 0 Å². The molecular weight excluding hydrogens is 306 g/mol. The Morgan fingerprint density at radius 3 is 2.50 bits per heavy atom. The zero-order chi connectivity index (χ0) is 16.5. The van der Waals surface area contributed by atoms with Crippen molar-refractivity contribution >= 4 is 23.4 Å². The lowest BCUT2D eigenvalue weighted by molar-refractivity contribution is -0.384. The Balaban J connectivity index is 1.74. The fourth-order valence-corrected chi connectivity index (χ4v) is 2.69. The summed E-state index contributed by atoms with van der Waals surface area (Å²) in [6.45, 7) is 0. The van der Waals surface area contributed by atoms with Gasteiger partial charge in [-0.05, 0) is 18.2 Å². The molecule has 2 aliphatic heterocycles. The fraction of sp³-hybridized carbons (Fsp3) is 0.0588. The summed E-state index contributed by atoms with van der Waals surface area (Å²) >= 11 is 0. The molecule has 24 heavy (non-hydrogen) atoms. The molecule has 0 aliphatic carbocycles. The lowest BCUT2D eigenvalue weighted by atomic mass is 10.2. The Morgan fingerprint density at radius 2 is 1.79 bits per heavy atom. The second-order valence-corrected chi connectivity index (χ2v) is 5.30. The van der Waals surface area contributed by atoms with E-state index in [0.29, 0.717) is 0 Å². The lowest BCUT2D eigenvalue weighted by Crippen LogP contribution is -2.39. The molecule has 0 bridgehead atoms. The van der Waals surface area contributed by atoms with Crippen molar-refractivity contribution in [3.63, 3.8) is 0 Å². The molecule has 4 rings (SSSR count). The molecule has 0 saturated carbocycles. The maximum absolute atomic E-state index is 10.8. The normalized spacial score (nSPS) is 18.5. The van der Waals surface area contributed by atoms with Crippen molar-refractivity contribution in [2.75, 3.05) is 5.01 Å². The number of hydrogen-bond acceptors (Lipinski definition) is 6. The van der Waals surface area contributed by atoms with Crippen LogP contribution >= 0.6 is 0 Å². The van der Waals surface area contributed by atoms with Crippen LogP contribution in [0.25, 0.3) is 0 Å². The highest BCUT2D eigenvalue weighted by Crippen LogP contribution is 2.30. The molecule has 0 aromatic heterocycles. The van der Waals surface area contributed by atoms with Crippen molar-refractivity contribution in [3.05, 3.63) is 82.6 Å². The Hall–Kier alpha value is -3.48. The second kappa shape index (κ2) is 5.62. The molecule has 1 atom stereocenters. The molecular formula is C17H13N5O2. The van der Waals surface area contributed by atoms with Gasteiger partial charge in [0, 0.05) is 30.1 Å². The van der Waals surface area contributed by atoms with Crippen LogP contribution in [0.3, 0.4) is 0 Å². The number of hydrazone groups is 1. The van der Waals surface area contributed by atoms with Gasteiger partial charge in [-0.3, -0.25) is 15.0 Å². The van der Waals surface area contributed by atoms with Crippen molar-refractivity contribution < 1.29 is 4.92 Å². The van der Waals surface area contributed by atoms with E-state index in [0.717, 1.165) is 17.1 Å². The third-order valence-corrected chi connectivity index (χ3v) is 3.82. The van der Waals surface area contributed by atoms with Crippen LogP contribution < -0.4 is 5.01 Å². The van der Waals surface area contributed by atoms with Gasteiger partial charge in [-0.2, -0.15) is 0 Å². The number of rotatable bonds is 3. The van der Waals surface area contributed by atoms with Crippen LogP contribution in [-0.2, 0) is 0 Å². The van der Waals surface area contributed by atoms with Crippen molar-refractivity contribution in [1.29, 1.82) is 0 Å². The molecule has 0 spiro atoms. The first-order chi connectivity index (χ1) is 11.7. The third kappa shape index (κ3) is 2.32. The minimum absolute atomic E-state index is 0.0501. The van der Waals surface area contributed by atoms with E-state index in [9.17, 15) is 10.1 Å². The SMILES string of the molecule is O=[N+]([O-])c1ccc(N2N=C(c3ccccc3)N3C=CC=NC32)cc1. The molecule has 7 nitrogen and oxygen atoms in total. The highest BCUT2D eigenvalue weighted by molar-refractivity contribution is 6.02. The van der Waals surface area contributed by atoms with Crippen LogP contribution in [0.1, 0.15) is 5.56 Å². The van der Waals surface area contributed by atoms with Gasteiger partial charge in [-0.1, -0.05) is 30.3 Å². The molecule has 0 amide bonds. The first-order valence-corrected chi connectivity index (χ1v) is 7.40. The van der Waals surface area contributed by atoms with Gasteiger partial charge in [0.05, 0.1) is 10.6 Å². The summed E-state index contributed by atoms with van der Waals surface area (Å²) in [6, 6.07) is 16.1. The first kappa shape index (κ1) is 14.1. The Morgan fingerprint density at radius 1 is 1.04 bits per heavy atom. The first-order valence-electron chi connectivity index (χ1n) is 7.40. The lowest BCUT2D eigenvalue weighted by Gasteiger charge is -2.27. The highest BCUT2D eigenvalue weighted by Gasteiger charge is 2.34. The number of amidine groups is 1. The van der Waals surface area contributed by atoms with E-state index in [1.807, 2.05) is 47.5 Å². The summed E-state index contributed by atoms with van der Waals surface area (Å²) in [7, 11) is 0. The largest absolute Gasteiger partial charge is 0.289 e. The number of nitro benzene ring substituents is 1. The summed E-state index contributed by atoms with van der Waals surface area (Å²) in [4.78, 5) is 16.8. The van der Waals surface area contributed by atoms with E-state index in [4.69, 9.17) is 0 Å². The number of fused-ring (bicyclic) bond motifs is 1. The number of anilines is 1. The number of aliphatic imine (C=N–C) groups is 1. The molecule has 1 unspecified atom stereocenters. The van der Waals surface area contributed by atoms with Gasteiger partial charge in [0.2, 0.25) is 6.29 Å². The number of nitrogens with zero attached hydrogens (tertiary/aromatic N) is 5. The smallest absolute Gasteiger partial charge is 0.269 e. The van der Waals surface area contributed by atoms with Gasteiger partial charge in [0.15, 0.2) is 5.84 Å². The molecule has 0 N–H and O–H groups in total. The number of non-ortho nitro benzene ring substituents is 1. The van der Waals surface area contributed by atoms with Crippen LogP contribution in [0, 0.1) is 10.1 Å². The molecule has 118 valence electrons. The molecule has 2 aliphatic rings. The van der Waals surface area contributed by atoms with Crippen molar-refractivity contribution in [2.24, 2.45) is 10.1 Å². The molecule has 0 radical (unpaired) electrons. The van der Waals surface area contributed by atoms with E-state index in [2.05, 4.69) is 10.1 Å². The zero-order valence-electron chi connectivity index (χ0n) is 12.6. The summed E-state index contributed by atoms with van der Waals surface area (Å²) in [5.74, 6) is 0.784. The van der Waals surface area contributed by atoms with E-state index in [1.165, 1.54) is 12.1 Å². The van der Waals surface area contributed by atoms with Gasteiger partial charge >= 0.3 is 0 Å². The van der Waals surface area contributed by atoms with Gasteiger partial charge < -0.3 is 0 Å². The summed E-state index contributed by atoms with van der Waals surface area (Å²) in [5.41, 5.74) is 1.77. The zero-order valence-corrected chi connectivity index (χ0v) is 12.6. The number of benzene rings is 2. The maximum atomic E-state index is 10.8. The number of allylic oxidation sites excluding steroid dienone is 1. The minimum atomic E-state index is -0.416. The molecule has 2 aromatic rings. The maximum Gasteiger partial charge on any atom is 0.269 e. The topological polar surface area (TPSA) is 74.3 Å². The molecule has 2 aromatic carbocycles. The fourth-order valence-electron chi connectivity index (χ4n) is 2.69. The van der Waals surface area contributed by atoms with E-state index < -0.39 is 4.92 Å². The van der Waals surface area contributed by atoms with Crippen LogP contribution in [0.2, 0.25) is 0 Å². The van der Waals surface area contributed by atoms with Gasteiger partial charge in [-0.25, -0.2) is 10.0 Å². The van der Waals surface area contributed by atoms with Crippen molar-refractivity contribution in [3.8, 4) is 0 Å². The van der Waals surface area contributed by atoms with Gasteiger partial charge in [-0.15, -0.1) is 5.10 Å². The minimum Gasteiger partial charge on any atom is -0.289 e. The third-order valence-electron chi connectivity index (χ3n) is 3.82. The Labute approximate surface area is 138 Å². The van der Waals surface area contributed by atoms with Crippen LogP contribution in [0.5, 0.6) is 0 Å². The number of hydrogen-bond donors (Lipinski definition) is 0. The predicted octanol–water partition coefficient (Wildman–Crippen LogP) is 2.96. The van der Waals surface area contributed by atoms with Crippen LogP contribution in [0.4, 0.5) is 11.4 Å². The van der Waals surface area contributed by atoms with E-state index in [-0.39, 0.29) is 12.0 Å². The van der Waals surface area contributed by atoms with Gasteiger partial charge in [0.25, 0.3) is 5.69 Å².